The number of ether oxygens (including phenoxy) is 1. The molecular weight excluding hydrogens is 226 g/mol. The second kappa shape index (κ2) is 5.58. The first-order valence-corrected chi connectivity index (χ1v) is 6.17. The van der Waals surface area contributed by atoms with Gasteiger partial charge in [0.15, 0.2) is 0 Å². The van der Waals surface area contributed by atoms with Crippen molar-refractivity contribution in [3.63, 3.8) is 0 Å². The third-order valence-electron chi connectivity index (χ3n) is 2.83. The van der Waals surface area contributed by atoms with Gasteiger partial charge in [0.1, 0.15) is 5.75 Å². The number of imidazole rings is 1. The topological polar surface area (TPSA) is 39.1 Å². The number of nitrogens with one attached hydrogen (secondary N) is 1. The number of benzene rings is 1. The Kier molecular flexibility index (Phi) is 3.87. The van der Waals surface area contributed by atoms with Crippen LogP contribution in [-0.2, 0) is 6.54 Å². The zero-order chi connectivity index (χ0) is 13.0. The van der Waals surface area contributed by atoms with Gasteiger partial charge in [0.05, 0.1) is 7.11 Å². The Hall–Kier alpha value is -1.97. The Bertz CT molecular complexity index is 520. The quantitative estimate of drug-likeness (QED) is 0.878. The van der Waals surface area contributed by atoms with E-state index >= 15 is 0 Å². The predicted molar refractivity (Wildman–Crippen MR) is 73.5 cm³/mol. The average Bonchev–Trinajstić information content (AvgIpc) is 2.78. The molecule has 0 saturated heterocycles. The van der Waals surface area contributed by atoms with Gasteiger partial charge in [0.2, 0.25) is 5.95 Å². The van der Waals surface area contributed by atoms with Crippen LogP contribution in [0.15, 0.2) is 30.6 Å². The molecule has 96 valence electrons. The lowest BCUT2D eigenvalue weighted by atomic mass is 10.2. The van der Waals surface area contributed by atoms with Crippen molar-refractivity contribution in [2.45, 2.75) is 26.8 Å². The number of methoxy groups -OCH3 is 1. The number of aromatic nitrogens is 2. The highest BCUT2D eigenvalue weighted by Gasteiger charge is 2.04. The molecule has 4 nitrogen and oxygen atoms in total. The van der Waals surface area contributed by atoms with Gasteiger partial charge in [-0.15, -0.1) is 0 Å². The molecule has 0 unspecified atom stereocenters. The molecule has 1 aromatic carbocycles. The van der Waals surface area contributed by atoms with Gasteiger partial charge in [-0.1, -0.05) is 6.92 Å². The summed E-state index contributed by atoms with van der Waals surface area (Å²) in [5.74, 6) is 1.78. The largest absolute Gasteiger partial charge is 0.496 e. The number of aryl methyl sites for hydroxylation is 2. The average molecular weight is 245 g/mol. The Morgan fingerprint density at radius 3 is 2.89 bits per heavy atom. The van der Waals surface area contributed by atoms with Gasteiger partial charge in [-0.2, -0.15) is 0 Å². The number of hydrogen-bond donors (Lipinski definition) is 1. The van der Waals surface area contributed by atoms with Crippen LogP contribution in [0.2, 0.25) is 0 Å². The Balaban J connectivity index is 2.18. The van der Waals surface area contributed by atoms with Crippen molar-refractivity contribution >= 4 is 11.6 Å². The minimum absolute atomic E-state index is 0.876. The molecule has 18 heavy (non-hydrogen) atoms. The molecule has 0 fully saturated rings. The molecule has 0 radical (unpaired) electrons. The lowest BCUT2D eigenvalue weighted by Gasteiger charge is -2.11. The van der Waals surface area contributed by atoms with E-state index in [0.717, 1.165) is 35.9 Å². The van der Waals surface area contributed by atoms with E-state index in [4.69, 9.17) is 4.74 Å². The Labute approximate surface area is 108 Å². The molecule has 0 aliphatic heterocycles. The summed E-state index contributed by atoms with van der Waals surface area (Å²) in [4.78, 5) is 4.32. The minimum Gasteiger partial charge on any atom is -0.496 e. The standard InChI is InChI=1S/C14H19N3O/c1-4-8-17-9-7-15-14(17)16-12-5-6-13(18-3)11(2)10-12/h5-7,9-10H,4,8H2,1-3H3,(H,15,16). The second-order valence-electron chi connectivity index (χ2n) is 4.25. The summed E-state index contributed by atoms with van der Waals surface area (Å²) in [5, 5.41) is 3.33. The number of hydrogen-bond acceptors (Lipinski definition) is 3. The van der Waals surface area contributed by atoms with Crippen molar-refractivity contribution in [2.24, 2.45) is 0 Å². The summed E-state index contributed by atoms with van der Waals surface area (Å²) < 4.78 is 7.36. The van der Waals surface area contributed by atoms with Gasteiger partial charge in [-0.05, 0) is 37.1 Å². The van der Waals surface area contributed by atoms with Gasteiger partial charge >= 0.3 is 0 Å². The highest BCUT2D eigenvalue weighted by atomic mass is 16.5. The zero-order valence-electron chi connectivity index (χ0n) is 11.1. The first kappa shape index (κ1) is 12.5. The molecule has 0 saturated carbocycles. The fourth-order valence-electron chi connectivity index (χ4n) is 1.94. The van der Waals surface area contributed by atoms with Crippen LogP contribution in [0.4, 0.5) is 11.6 Å². The molecular formula is C14H19N3O. The van der Waals surface area contributed by atoms with Crippen molar-refractivity contribution in [1.82, 2.24) is 9.55 Å². The maximum Gasteiger partial charge on any atom is 0.207 e. The molecule has 4 heteroatoms. The van der Waals surface area contributed by atoms with Gasteiger partial charge in [-0.3, -0.25) is 0 Å². The van der Waals surface area contributed by atoms with Crippen molar-refractivity contribution in [3.8, 4) is 5.75 Å². The molecule has 1 N–H and O–H groups in total. The van der Waals surface area contributed by atoms with E-state index in [1.54, 1.807) is 7.11 Å². The number of anilines is 2. The highest BCUT2D eigenvalue weighted by Crippen LogP contribution is 2.23. The van der Waals surface area contributed by atoms with Crippen molar-refractivity contribution < 1.29 is 4.74 Å². The van der Waals surface area contributed by atoms with Gasteiger partial charge in [0.25, 0.3) is 0 Å². The number of nitrogens with zero attached hydrogens (tertiary/aromatic N) is 2. The minimum atomic E-state index is 0.876. The number of rotatable bonds is 5. The third kappa shape index (κ3) is 2.64. The molecule has 1 heterocycles. The summed E-state index contributed by atoms with van der Waals surface area (Å²) in [6.45, 7) is 5.15. The van der Waals surface area contributed by atoms with Crippen LogP contribution in [0, 0.1) is 6.92 Å². The summed E-state index contributed by atoms with van der Waals surface area (Å²) in [6.07, 6.45) is 4.89. The van der Waals surface area contributed by atoms with Crippen LogP contribution < -0.4 is 10.1 Å². The summed E-state index contributed by atoms with van der Waals surface area (Å²) in [6, 6.07) is 6.02. The maximum atomic E-state index is 5.25. The van der Waals surface area contributed by atoms with E-state index in [9.17, 15) is 0 Å². The van der Waals surface area contributed by atoms with Crippen LogP contribution in [0.5, 0.6) is 5.75 Å². The molecule has 0 atom stereocenters. The van der Waals surface area contributed by atoms with Crippen molar-refractivity contribution in [3.05, 3.63) is 36.2 Å². The van der Waals surface area contributed by atoms with Crippen molar-refractivity contribution in [1.29, 1.82) is 0 Å². The smallest absolute Gasteiger partial charge is 0.207 e. The molecule has 0 spiro atoms. The van der Waals surface area contributed by atoms with Crippen LogP contribution in [0.1, 0.15) is 18.9 Å². The molecule has 2 aromatic rings. The SMILES string of the molecule is CCCn1ccnc1Nc1ccc(OC)c(C)c1. The van der Waals surface area contributed by atoms with Gasteiger partial charge in [-0.25, -0.2) is 4.98 Å². The van der Waals surface area contributed by atoms with E-state index in [2.05, 4.69) is 27.9 Å². The van der Waals surface area contributed by atoms with Crippen LogP contribution in [0.25, 0.3) is 0 Å². The van der Waals surface area contributed by atoms with E-state index in [1.807, 2.05) is 31.5 Å². The lowest BCUT2D eigenvalue weighted by Crippen LogP contribution is -2.03. The first-order valence-electron chi connectivity index (χ1n) is 6.17. The Morgan fingerprint density at radius 1 is 1.39 bits per heavy atom. The second-order valence-corrected chi connectivity index (χ2v) is 4.25. The van der Waals surface area contributed by atoms with Crippen molar-refractivity contribution in [2.75, 3.05) is 12.4 Å². The van der Waals surface area contributed by atoms with Gasteiger partial charge < -0.3 is 14.6 Å². The van der Waals surface area contributed by atoms with Crippen LogP contribution in [0.3, 0.4) is 0 Å². The monoisotopic (exact) mass is 245 g/mol. The fourth-order valence-corrected chi connectivity index (χ4v) is 1.94. The first-order chi connectivity index (χ1) is 8.74. The Morgan fingerprint density at radius 2 is 2.22 bits per heavy atom. The maximum absolute atomic E-state index is 5.25. The molecule has 0 aliphatic carbocycles. The molecule has 1 aromatic heterocycles. The zero-order valence-corrected chi connectivity index (χ0v) is 11.1. The molecule has 0 aliphatic rings. The van der Waals surface area contributed by atoms with E-state index in [-0.39, 0.29) is 0 Å². The van der Waals surface area contributed by atoms with Crippen LogP contribution >= 0.6 is 0 Å². The normalized spacial score (nSPS) is 10.4. The van der Waals surface area contributed by atoms with E-state index in [1.165, 1.54) is 0 Å². The van der Waals surface area contributed by atoms with Crippen LogP contribution in [-0.4, -0.2) is 16.7 Å². The molecule has 2 rings (SSSR count). The fraction of sp³-hybridized carbons (Fsp3) is 0.357. The van der Waals surface area contributed by atoms with E-state index < -0.39 is 0 Å². The summed E-state index contributed by atoms with van der Waals surface area (Å²) >= 11 is 0. The lowest BCUT2D eigenvalue weighted by molar-refractivity contribution is 0.412. The van der Waals surface area contributed by atoms with E-state index in [0.29, 0.717) is 0 Å². The highest BCUT2D eigenvalue weighted by molar-refractivity contribution is 5.57. The van der Waals surface area contributed by atoms with Gasteiger partial charge in [0, 0.05) is 24.6 Å². The predicted octanol–water partition coefficient (Wildman–Crippen LogP) is 3.35. The summed E-state index contributed by atoms with van der Waals surface area (Å²) in [5.41, 5.74) is 2.13. The molecule has 0 amide bonds. The third-order valence-corrected chi connectivity index (χ3v) is 2.83. The molecule has 0 bridgehead atoms. The summed E-state index contributed by atoms with van der Waals surface area (Å²) in [7, 11) is 1.68.